The fraction of sp³-hybridized carbons (Fsp3) is 0.190. The van der Waals surface area contributed by atoms with Gasteiger partial charge < -0.3 is 31.5 Å². The molecule has 0 aliphatic carbocycles. The van der Waals surface area contributed by atoms with Gasteiger partial charge in [-0.25, -0.2) is 4.98 Å². The molecule has 0 saturated heterocycles. The van der Waals surface area contributed by atoms with Gasteiger partial charge in [0.25, 0.3) is 5.91 Å². The van der Waals surface area contributed by atoms with E-state index in [4.69, 9.17) is 10.5 Å². The number of hydrogen-bond acceptors (Lipinski definition) is 8. The van der Waals surface area contributed by atoms with Crippen molar-refractivity contribution >= 4 is 29.0 Å². The van der Waals surface area contributed by atoms with Crippen LogP contribution in [0.5, 0.6) is 5.75 Å². The second-order valence-corrected chi connectivity index (χ2v) is 6.84. The summed E-state index contributed by atoms with van der Waals surface area (Å²) < 4.78 is 5.57. The first-order valence-corrected chi connectivity index (χ1v) is 9.49. The standard InChI is InChI=1S/C21H22N6O3/c22-19(29)16-11-25-21(27-20(16)24-9-13-4-2-1-3-5-13)26-14-6-7-18-17(8-14)23-10-15(28)12-30-18/h1-8,11,15,23,28H,9-10,12H2,(H2,22,29)(H2,24,25,26,27). The Morgan fingerprint density at radius 1 is 1.27 bits per heavy atom. The van der Waals surface area contributed by atoms with Crippen LogP contribution in [-0.2, 0) is 6.54 Å². The number of ether oxygens (including phenoxy) is 1. The number of amides is 1. The molecule has 0 spiro atoms. The monoisotopic (exact) mass is 406 g/mol. The minimum absolute atomic E-state index is 0.211. The molecule has 1 amide bonds. The highest BCUT2D eigenvalue weighted by Gasteiger charge is 2.16. The highest BCUT2D eigenvalue weighted by molar-refractivity contribution is 5.97. The van der Waals surface area contributed by atoms with Crippen LogP contribution in [0.15, 0.2) is 54.7 Å². The molecule has 0 radical (unpaired) electrons. The zero-order chi connectivity index (χ0) is 20.9. The first-order valence-electron chi connectivity index (χ1n) is 9.49. The second-order valence-electron chi connectivity index (χ2n) is 6.84. The number of aromatic nitrogens is 2. The van der Waals surface area contributed by atoms with E-state index in [2.05, 4.69) is 25.9 Å². The molecule has 2 aromatic carbocycles. The number of anilines is 4. The number of rotatable bonds is 6. The summed E-state index contributed by atoms with van der Waals surface area (Å²) in [7, 11) is 0. The Labute approximate surface area is 173 Å². The maximum absolute atomic E-state index is 11.8. The fourth-order valence-corrected chi connectivity index (χ4v) is 3.01. The van der Waals surface area contributed by atoms with Crippen molar-refractivity contribution in [2.75, 3.05) is 29.1 Å². The summed E-state index contributed by atoms with van der Waals surface area (Å²) >= 11 is 0. The summed E-state index contributed by atoms with van der Waals surface area (Å²) in [6.07, 6.45) is 0.823. The Balaban J connectivity index is 1.54. The molecule has 30 heavy (non-hydrogen) atoms. The molecule has 1 aromatic heterocycles. The van der Waals surface area contributed by atoms with Crippen LogP contribution in [0.4, 0.5) is 23.1 Å². The van der Waals surface area contributed by atoms with Crippen molar-refractivity contribution in [1.29, 1.82) is 0 Å². The van der Waals surface area contributed by atoms with Crippen molar-refractivity contribution in [2.45, 2.75) is 12.6 Å². The lowest BCUT2D eigenvalue weighted by molar-refractivity contribution is 0.100. The molecule has 0 bridgehead atoms. The third kappa shape index (κ3) is 4.58. The Bertz CT molecular complexity index is 1040. The Kier molecular flexibility index (Phi) is 5.62. The van der Waals surface area contributed by atoms with Crippen LogP contribution in [0.25, 0.3) is 0 Å². The maximum Gasteiger partial charge on any atom is 0.254 e. The van der Waals surface area contributed by atoms with Crippen LogP contribution in [0.3, 0.4) is 0 Å². The van der Waals surface area contributed by atoms with Crippen LogP contribution in [0.1, 0.15) is 15.9 Å². The molecule has 154 valence electrons. The molecule has 9 heteroatoms. The van der Waals surface area contributed by atoms with E-state index in [1.807, 2.05) is 42.5 Å². The summed E-state index contributed by atoms with van der Waals surface area (Å²) in [6.45, 7) is 1.12. The topological polar surface area (TPSA) is 134 Å². The summed E-state index contributed by atoms with van der Waals surface area (Å²) in [5, 5.41) is 19.1. The maximum atomic E-state index is 11.8. The quantitative estimate of drug-likeness (QED) is 0.420. The zero-order valence-corrected chi connectivity index (χ0v) is 16.1. The summed E-state index contributed by atoms with van der Waals surface area (Å²) in [6, 6.07) is 15.2. The molecule has 3 aromatic rings. The molecule has 1 atom stereocenters. The van der Waals surface area contributed by atoms with E-state index in [0.717, 1.165) is 16.9 Å². The molecule has 6 N–H and O–H groups in total. The Hall–Kier alpha value is -3.85. The Morgan fingerprint density at radius 3 is 2.90 bits per heavy atom. The van der Waals surface area contributed by atoms with Crippen molar-refractivity contribution in [3.05, 3.63) is 65.9 Å². The van der Waals surface area contributed by atoms with Gasteiger partial charge in [0.15, 0.2) is 0 Å². The summed E-state index contributed by atoms with van der Waals surface area (Å²) in [5.41, 5.74) is 8.20. The zero-order valence-electron chi connectivity index (χ0n) is 16.1. The molecule has 2 heterocycles. The first kappa shape index (κ1) is 19.5. The third-order valence-corrected chi connectivity index (χ3v) is 4.55. The summed E-state index contributed by atoms with van der Waals surface area (Å²) in [5.74, 6) is 0.711. The number of carbonyl (C=O) groups excluding carboxylic acids is 1. The molecule has 0 fully saturated rings. The molecule has 0 saturated carbocycles. The van der Waals surface area contributed by atoms with Gasteiger partial charge in [0.05, 0.1) is 11.3 Å². The highest BCUT2D eigenvalue weighted by Crippen LogP contribution is 2.31. The number of fused-ring (bicyclic) bond motifs is 1. The van der Waals surface area contributed by atoms with Crippen LogP contribution in [0, 0.1) is 0 Å². The van der Waals surface area contributed by atoms with Crippen LogP contribution >= 0.6 is 0 Å². The highest BCUT2D eigenvalue weighted by atomic mass is 16.5. The largest absolute Gasteiger partial charge is 0.489 e. The lowest BCUT2D eigenvalue weighted by atomic mass is 10.2. The fourth-order valence-electron chi connectivity index (χ4n) is 3.01. The minimum atomic E-state index is -0.609. The lowest BCUT2D eigenvalue weighted by Gasteiger charge is -2.13. The second kappa shape index (κ2) is 8.66. The molecular formula is C21H22N6O3. The first-order chi connectivity index (χ1) is 14.6. The predicted molar refractivity (Wildman–Crippen MR) is 114 cm³/mol. The Morgan fingerprint density at radius 2 is 2.10 bits per heavy atom. The number of aliphatic hydroxyl groups excluding tert-OH is 1. The smallest absolute Gasteiger partial charge is 0.254 e. The molecule has 1 aliphatic heterocycles. The number of aliphatic hydroxyl groups is 1. The van der Waals surface area contributed by atoms with E-state index < -0.39 is 12.0 Å². The van der Waals surface area contributed by atoms with E-state index in [1.165, 1.54) is 6.20 Å². The van der Waals surface area contributed by atoms with Gasteiger partial charge in [-0.15, -0.1) is 0 Å². The number of nitrogens with two attached hydrogens (primary N) is 1. The van der Waals surface area contributed by atoms with E-state index >= 15 is 0 Å². The number of benzene rings is 2. The van der Waals surface area contributed by atoms with Gasteiger partial charge in [0, 0.05) is 25.0 Å². The molecule has 1 aliphatic rings. The van der Waals surface area contributed by atoms with Crippen LogP contribution < -0.4 is 26.4 Å². The van der Waals surface area contributed by atoms with Gasteiger partial charge in [-0.2, -0.15) is 4.98 Å². The van der Waals surface area contributed by atoms with Crippen molar-refractivity contribution < 1.29 is 14.6 Å². The van der Waals surface area contributed by atoms with E-state index in [-0.39, 0.29) is 12.2 Å². The number of nitrogens with one attached hydrogen (secondary N) is 3. The van der Waals surface area contributed by atoms with Gasteiger partial charge in [0.1, 0.15) is 24.3 Å². The number of nitrogens with zero attached hydrogens (tertiary/aromatic N) is 2. The molecule has 1 unspecified atom stereocenters. The average Bonchev–Trinajstić information content (AvgIpc) is 2.94. The minimum Gasteiger partial charge on any atom is -0.489 e. The van der Waals surface area contributed by atoms with E-state index in [0.29, 0.717) is 30.6 Å². The lowest BCUT2D eigenvalue weighted by Crippen LogP contribution is -2.23. The molecule has 4 rings (SSSR count). The normalized spacial score (nSPS) is 15.2. The molecular weight excluding hydrogens is 384 g/mol. The molecule has 9 nitrogen and oxygen atoms in total. The number of carbonyl (C=O) groups is 1. The van der Waals surface area contributed by atoms with Gasteiger partial charge in [-0.05, 0) is 23.8 Å². The summed E-state index contributed by atoms with van der Waals surface area (Å²) in [4.78, 5) is 20.4. The van der Waals surface area contributed by atoms with Crippen molar-refractivity contribution in [2.24, 2.45) is 5.73 Å². The van der Waals surface area contributed by atoms with Crippen molar-refractivity contribution in [3.8, 4) is 5.75 Å². The SMILES string of the molecule is NC(=O)c1cnc(Nc2ccc3c(c2)NCC(O)CO3)nc1NCc1ccccc1. The van der Waals surface area contributed by atoms with Crippen molar-refractivity contribution in [3.63, 3.8) is 0 Å². The average molecular weight is 406 g/mol. The van der Waals surface area contributed by atoms with Gasteiger partial charge in [-0.3, -0.25) is 4.79 Å². The number of β-amino-alcohol motifs (C(OH)–C–C–N with tert-alkyl or cyclic N) is 1. The van der Waals surface area contributed by atoms with Gasteiger partial charge in [0.2, 0.25) is 5.95 Å². The van der Waals surface area contributed by atoms with Crippen molar-refractivity contribution in [1.82, 2.24) is 9.97 Å². The van der Waals surface area contributed by atoms with Crippen LogP contribution in [0.2, 0.25) is 0 Å². The van der Waals surface area contributed by atoms with Gasteiger partial charge >= 0.3 is 0 Å². The number of primary amides is 1. The van der Waals surface area contributed by atoms with Gasteiger partial charge in [-0.1, -0.05) is 30.3 Å². The number of hydrogen-bond donors (Lipinski definition) is 5. The van der Waals surface area contributed by atoms with Crippen LogP contribution in [-0.4, -0.2) is 40.2 Å². The third-order valence-electron chi connectivity index (χ3n) is 4.55. The van der Waals surface area contributed by atoms with E-state index in [9.17, 15) is 9.90 Å². The van der Waals surface area contributed by atoms with E-state index in [1.54, 1.807) is 6.07 Å². The predicted octanol–water partition coefficient (Wildman–Crippen LogP) is 2.10.